The molecule has 0 bridgehead atoms. The quantitative estimate of drug-likeness (QED) is 0.810. The monoisotopic (exact) mass is 316 g/mol. The van der Waals surface area contributed by atoms with Crippen molar-refractivity contribution in [2.45, 2.75) is 11.3 Å². The number of thioether (sulfide) groups is 1. The molecule has 2 aromatic rings. The van der Waals surface area contributed by atoms with Crippen LogP contribution in [0.2, 0.25) is 0 Å². The van der Waals surface area contributed by atoms with E-state index in [-0.39, 0.29) is 5.91 Å². The average molecular weight is 316 g/mol. The minimum absolute atomic E-state index is 0.126. The van der Waals surface area contributed by atoms with E-state index in [1.807, 2.05) is 30.0 Å². The molecule has 1 fully saturated rings. The predicted octanol–water partition coefficient (Wildman–Crippen LogP) is 3.48. The highest BCUT2D eigenvalue weighted by Crippen LogP contribution is 2.26. The van der Waals surface area contributed by atoms with Crippen LogP contribution in [0.1, 0.15) is 16.8 Å². The molecular formula is C17H17FN2OS. The number of amides is 1. The summed E-state index contributed by atoms with van der Waals surface area (Å²) < 4.78 is 13.2. The highest BCUT2D eigenvalue weighted by molar-refractivity contribution is 7.99. The van der Waals surface area contributed by atoms with E-state index >= 15 is 0 Å². The lowest BCUT2D eigenvalue weighted by atomic mass is 10.2. The Morgan fingerprint density at radius 2 is 2.14 bits per heavy atom. The smallest absolute Gasteiger partial charge is 0.255 e. The molecule has 22 heavy (non-hydrogen) atoms. The Bertz CT molecular complexity index is 650. The van der Waals surface area contributed by atoms with Crippen LogP contribution in [0.25, 0.3) is 0 Å². The van der Waals surface area contributed by atoms with Crippen LogP contribution in [-0.2, 0) is 0 Å². The third-order valence-corrected chi connectivity index (χ3v) is 5.00. The predicted molar refractivity (Wildman–Crippen MR) is 85.4 cm³/mol. The molecule has 1 atom stereocenters. The number of aromatic nitrogens is 1. The summed E-state index contributed by atoms with van der Waals surface area (Å²) in [6, 6.07) is 11.5. The molecule has 0 saturated carbocycles. The van der Waals surface area contributed by atoms with E-state index in [2.05, 4.69) is 17.1 Å². The van der Waals surface area contributed by atoms with Gasteiger partial charge in [0.2, 0.25) is 0 Å². The first-order chi connectivity index (χ1) is 10.7. The molecule has 0 unspecified atom stereocenters. The second-order valence-electron chi connectivity index (χ2n) is 5.42. The SMILES string of the molecule is O=C(c1cncc(F)c1)N1CC[C@@H](CSc2ccccc2)C1. The number of carbonyl (C=O) groups excluding carboxylic acids is 1. The molecule has 1 aromatic heterocycles. The minimum atomic E-state index is -0.471. The fraction of sp³-hybridized carbons (Fsp3) is 0.294. The second kappa shape index (κ2) is 6.92. The van der Waals surface area contributed by atoms with Gasteiger partial charge in [-0.15, -0.1) is 11.8 Å². The number of hydrogen-bond acceptors (Lipinski definition) is 3. The molecule has 1 saturated heterocycles. The largest absolute Gasteiger partial charge is 0.338 e. The lowest BCUT2D eigenvalue weighted by Crippen LogP contribution is -2.29. The fourth-order valence-electron chi connectivity index (χ4n) is 2.60. The Labute approximate surface area is 133 Å². The van der Waals surface area contributed by atoms with Crippen molar-refractivity contribution in [3.63, 3.8) is 0 Å². The maximum absolute atomic E-state index is 13.2. The molecular weight excluding hydrogens is 299 g/mol. The third kappa shape index (κ3) is 3.65. The Kier molecular flexibility index (Phi) is 4.73. The summed E-state index contributed by atoms with van der Waals surface area (Å²) in [6.07, 6.45) is 3.53. The summed E-state index contributed by atoms with van der Waals surface area (Å²) in [6.45, 7) is 1.46. The van der Waals surface area contributed by atoms with Crippen LogP contribution in [0, 0.1) is 11.7 Å². The molecule has 2 heterocycles. The van der Waals surface area contributed by atoms with Crippen molar-refractivity contribution in [1.29, 1.82) is 0 Å². The first kappa shape index (κ1) is 15.0. The molecule has 3 nitrogen and oxygen atoms in total. The molecule has 0 radical (unpaired) electrons. The van der Waals surface area contributed by atoms with Crippen LogP contribution in [0.5, 0.6) is 0 Å². The molecule has 114 valence electrons. The molecule has 1 aromatic carbocycles. The van der Waals surface area contributed by atoms with E-state index in [0.29, 0.717) is 11.5 Å². The maximum atomic E-state index is 13.2. The summed E-state index contributed by atoms with van der Waals surface area (Å²) in [5.41, 5.74) is 0.330. The van der Waals surface area contributed by atoms with Gasteiger partial charge in [-0.05, 0) is 30.5 Å². The summed E-state index contributed by atoms with van der Waals surface area (Å²) in [5, 5.41) is 0. The van der Waals surface area contributed by atoms with Gasteiger partial charge in [0.25, 0.3) is 5.91 Å². The molecule has 1 aliphatic heterocycles. The molecule has 5 heteroatoms. The Hall–Kier alpha value is -1.88. The Morgan fingerprint density at radius 3 is 2.91 bits per heavy atom. The minimum Gasteiger partial charge on any atom is -0.338 e. The van der Waals surface area contributed by atoms with Crippen molar-refractivity contribution in [3.05, 3.63) is 60.2 Å². The average Bonchev–Trinajstić information content (AvgIpc) is 3.02. The summed E-state index contributed by atoms with van der Waals surface area (Å²) >= 11 is 1.82. The van der Waals surface area contributed by atoms with Gasteiger partial charge in [0.05, 0.1) is 11.8 Å². The van der Waals surface area contributed by atoms with Crippen molar-refractivity contribution in [3.8, 4) is 0 Å². The molecule has 0 aliphatic carbocycles. The van der Waals surface area contributed by atoms with Crippen molar-refractivity contribution in [2.75, 3.05) is 18.8 Å². The fourth-order valence-corrected chi connectivity index (χ4v) is 3.65. The zero-order valence-corrected chi connectivity index (χ0v) is 12.9. The summed E-state index contributed by atoms with van der Waals surface area (Å²) in [5.74, 6) is 0.881. The van der Waals surface area contributed by atoms with E-state index in [1.165, 1.54) is 17.2 Å². The molecule has 0 spiro atoms. The summed E-state index contributed by atoms with van der Waals surface area (Å²) in [7, 11) is 0. The number of pyridine rings is 1. The number of halogens is 1. The molecule has 1 amide bonds. The first-order valence-corrected chi connectivity index (χ1v) is 8.28. The van der Waals surface area contributed by atoms with Crippen molar-refractivity contribution in [1.82, 2.24) is 9.88 Å². The van der Waals surface area contributed by atoms with Gasteiger partial charge in [0.15, 0.2) is 0 Å². The van der Waals surface area contributed by atoms with Crippen LogP contribution in [0.4, 0.5) is 4.39 Å². The third-order valence-electron chi connectivity index (χ3n) is 3.75. The highest BCUT2D eigenvalue weighted by Gasteiger charge is 2.27. The van der Waals surface area contributed by atoms with Crippen LogP contribution < -0.4 is 0 Å². The molecule has 3 rings (SSSR count). The standard InChI is InChI=1S/C17H17FN2OS/c18-15-8-14(9-19-10-15)17(21)20-7-6-13(11-20)12-22-16-4-2-1-3-5-16/h1-5,8-10,13H,6-7,11-12H2/t13-/m1/s1. The van der Waals surface area contributed by atoms with E-state index in [1.54, 1.807) is 4.90 Å². The lowest BCUT2D eigenvalue weighted by Gasteiger charge is -2.16. The van der Waals surface area contributed by atoms with Gasteiger partial charge in [-0.2, -0.15) is 0 Å². The zero-order chi connectivity index (χ0) is 15.4. The van der Waals surface area contributed by atoms with Crippen LogP contribution >= 0.6 is 11.8 Å². The van der Waals surface area contributed by atoms with E-state index in [9.17, 15) is 9.18 Å². The van der Waals surface area contributed by atoms with Crippen LogP contribution in [0.3, 0.4) is 0 Å². The number of carbonyl (C=O) groups is 1. The topological polar surface area (TPSA) is 33.2 Å². The van der Waals surface area contributed by atoms with Gasteiger partial charge in [0.1, 0.15) is 5.82 Å². The van der Waals surface area contributed by atoms with Crippen LogP contribution in [-0.4, -0.2) is 34.6 Å². The number of nitrogens with zero attached hydrogens (tertiary/aromatic N) is 2. The normalized spacial score (nSPS) is 17.7. The van der Waals surface area contributed by atoms with Crippen LogP contribution in [0.15, 0.2) is 53.7 Å². The lowest BCUT2D eigenvalue weighted by molar-refractivity contribution is 0.0787. The summed E-state index contributed by atoms with van der Waals surface area (Å²) in [4.78, 5) is 19.1. The van der Waals surface area contributed by atoms with Crippen molar-refractivity contribution in [2.24, 2.45) is 5.92 Å². The Morgan fingerprint density at radius 1 is 1.32 bits per heavy atom. The van der Waals surface area contributed by atoms with Gasteiger partial charge < -0.3 is 4.90 Å². The maximum Gasteiger partial charge on any atom is 0.255 e. The van der Waals surface area contributed by atoms with E-state index in [4.69, 9.17) is 0 Å². The Balaban J connectivity index is 1.55. The number of hydrogen-bond donors (Lipinski definition) is 0. The highest BCUT2D eigenvalue weighted by atomic mass is 32.2. The van der Waals surface area contributed by atoms with Gasteiger partial charge in [-0.1, -0.05) is 18.2 Å². The number of likely N-dealkylation sites (tertiary alicyclic amines) is 1. The molecule has 1 aliphatic rings. The van der Waals surface area contributed by atoms with Gasteiger partial charge in [0, 0.05) is 29.9 Å². The van der Waals surface area contributed by atoms with Gasteiger partial charge in [-0.3, -0.25) is 9.78 Å². The van der Waals surface area contributed by atoms with Gasteiger partial charge in [-0.25, -0.2) is 4.39 Å². The second-order valence-corrected chi connectivity index (χ2v) is 6.52. The van der Waals surface area contributed by atoms with E-state index < -0.39 is 5.82 Å². The first-order valence-electron chi connectivity index (χ1n) is 7.30. The van der Waals surface area contributed by atoms with E-state index in [0.717, 1.165) is 31.5 Å². The van der Waals surface area contributed by atoms with Crippen molar-refractivity contribution < 1.29 is 9.18 Å². The number of rotatable bonds is 4. The van der Waals surface area contributed by atoms with Gasteiger partial charge >= 0.3 is 0 Å². The van der Waals surface area contributed by atoms with Crippen molar-refractivity contribution >= 4 is 17.7 Å². The molecule has 0 N–H and O–H groups in total. The zero-order valence-electron chi connectivity index (χ0n) is 12.1. The number of benzene rings is 1.